The molecule has 3 rings (SSSR count). The molecule has 1 aliphatic heterocycles. The molecular weight excluding hydrogens is 350 g/mol. The van der Waals surface area contributed by atoms with E-state index in [2.05, 4.69) is 56.7 Å². The first-order valence-electron chi connectivity index (χ1n) is 9.99. The maximum atomic E-state index is 5.63. The molecule has 0 amide bonds. The maximum absolute atomic E-state index is 5.63. The smallest absolute Gasteiger partial charge is 0.191 e. The van der Waals surface area contributed by atoms with E-state index < -0.39 is 0 Å². The normalized spacial score (nSPS) is 18.1. The average Bonchev–Trinajstić information content (AvgIpc) is 2.71. The fourth-order valence-corrected chi connectivity index (χ4v) is 3.39. The van der Waals surface area contributed by atoms with Crippen molar-refractivity contribution >= 4 is 5.96 Å². The molecule has 1 saturated heterocycles. The highest BCUT2D eigenvalue weighted by Gasteiger charge is 2.16. The Hall–Kier alpha value is -2.44. The molecule has 1 fully saturated rings. The van der Waals surface area contributed by atoms with E-state index in [-0.39, 0.29) is 0 Å². The molecule has 2 heterocycles. The number of pyridine rings is 1. The second kappa shape index (κ2) is 10.8. The van der Waals surface area contributed by atoms with E-state index in [0.29, 0.717) is 6.10 Å². The van der Waals surface area contributed by atoms with Gasteiger partial charge in [0.2, 0.25) is 0 Å². The number of benzene rings is 1. The average molecular weight is 382 g/mol. The largest absolute Gasteiger partial charge is 0.376 e. The first-order valence-corrected chi connectivity index (χ1v) is 9.99. The van der Waals surface area contributed by atoms with Crippen LogP contribution < -0.4 is 10.6 Å². The highest BCUT2D eigenvalue weighted by molar-refractivity contribution is 5.79. The molecule has 2 aromatic rings. The van der Waals surface area contributed by atoms with E-state index in [1.165, 1.54) is 11.1 Å². The van der Waals surface area contributed by atoms with Gasteiger partial charge in [-0.2, -0.15) is 0 Å². The summed E-state index contributed by atoms with van der Waals surface area (Å²) in [5, 5.41) is 6.74. The first kappa shape index (κ1) is 20.3. The Labute approximate surface area is 168 Å². The van der Waals surface area contributed by atoms with E-state index in [1.54, 1.807) is 7.05 Å². The summed E-state index contributed by atoms with van der Waals surface area (Å²) in [5.74, 6) is 0.809. The van der Waals surface area contributed by atoms with Gasteiger partial charge >= 0.3 is 0 Å². The van der Waals surface area contributed by atoms with E-state index in [4.69, 9.17) is 4.74 Å². The molecule has 150 valence electrons. The third-order valence-electron chi connectivity index (χ3n) is 4.81. The Kier molecular flexibility index (Phi) is 7.82. The minimum Gasteiger partial charge on any atom is -0.376 e. The van der Waals surface area contributed by atoms with Gasteiger partial charge in [0, 0.05) is 58.1 Å². The predicted octanol–water partition coefficient (Wildman–Crippen LogP) is 2.21. The molecule has 6 heteroatoms. The summed E-state index contributed by atoms with van der Waals surface area (Å²) in [6.07, 6.45) is 3.01. The number of ether oxygens (including phenoxy) is 1. The van der Waals surface area contributed by atoms with Gasteiger partial charge in [-0.3, -0.25) is 14.9 Å². The van der Waals surface area contributed by atoms with Gasteiger partial charge in [0.1, 0.15) is 0 Å². The lowest BCUT2D eigenvalue weighted by atomic mass is 10.1. The highest BCUT2D eigenvalue weighted by Crippen LogP contribution is 2.12. The summed E-state index contributed by atoms with van der Waals surface area (Å²) >= 11 is 0. The molecule has 1 unspecified atom stereocenters. The van der Waals surface area contributed by atoms with Gasteiger partial charge in [0.25, 0.3) is 0 Å². The van der Waals surface area contributed by atoms with E-state index in [9.17, 15) is 0 Å². The van der Waals surface area contributed by atoms with Gasteiger partial charge in [0.05, 0.1) is 12.7 Å². The number of rotatable bonds is 7. The summed E-state index contributed by atoms with van der Waals surface area (Å²) in [6.45, 7) is 7.47. The van der Waals surface area contributed by atoms with E-state index >= 15 is 0 Å². The lowest BCUT2D eigenvalue weighted by Crippen LogP contribution is -2.40. The van der Waals surface area contributed by atoms with Gasteiger partial charge in [-0.25, -0.2) is 0 Å². The van der Waals surface area contributed by atoms with Crippen molar-refractivity contribution in [3.05, 3.63) is 65.5 Å². The van der Waals surface area contributed by atoms with Crippen molar-refractivity contribution < 1.29 is 4.74 Å². The number of hydrogen-bond donors (Lipinski definition) is 2. The summed E-state index contributed by atoms with van der Waals surface area (Å²) in [5.41, 5.74) is 3.67. The molecular formula is C22H31N5O. The van der Waals surface area contributed by atoms with Crippen LogP contribution in [0.25, 0.3) is 0 Å². The molecule has 1 aliphatic rings. The number of aliphatic imine (C=N–C) groups is 1. The van der Waals surface area contributed by atoms with Crippen LogP contribution in [0, 0.1) is 0 Å². The van der Waals surface area contributed by atoms with Crippen molar-refractivity contribution in [3.63, 3.8) is 0 Å². The van der Waals surface area contributed by atoms with Crippen LogP contribution >= 0.6 is 0 Å². The Balaban J connectivity index is 1.45. The number of morpholine rings is 1. The fourth-order valence-electron chi connectivity index (χ4n) is 3.39. The van der Waals surface area contributed by atoms with Crippen LogP contribution in [-0.4, -0.2) is 55.2 Å². The first-order chi connectivity index (χ1) is 13.7. The number of nitrogens with one attached hydrogen (secondary N) is 2. The SMILES string of the molecule is CN=C(NCCc1ccccn1)NCc1cccc(CN2CCOC(C)C2)c1. The number of hydrogen-bond acceptors (Lipinski definition) is 4. The van der Waals surface area contributed by atoms with Gasteiger partial charge in [-0.05, 0) is 30.2 Å². The lowest BCUT2D eigenvalue weighted by Gasteiger charge is -2.31. The molecule has 0 aliphatic carbocycles. The topological polar surface area (TPSA) is 61.8 Å². The summed E-state index contributed by atoms with van der Waals surface area (Å²) in [4.78, 5) is 11.1. The number of nitrogens with zero attached hydrogens (tertiary/aromatic N) is 3. The van der Waals surface area contributed by atoms with Crippen molar-refractivity contribution in [2.24, 2.45) is 4.99 Å². The van der Waals surface area contributed by atoms with Crippen LogP contribution in [0.1, 0.15) is 23.7 Å². The van der Waals surface area contributed by atoms with Crippen LogP contribution in [0.2, 0.25) is 0 Å². The summed E-state index contributed by atoms with van der Waals surface area (Å²) in [7, 11) is 1.80. The van der Waals surface area contributed by atoms with E-state index in [1.807, 2.05) is 24.4 Å². The van der Waals surface area contributed by atoms with Gasteiger partial charge in [0.15, 0.2) is 5.96 Å². The standard InChI is InChI=1S/C22H31N5O/c1-18-16-27(12-13-28-18)17-20-7-5-6-19(14-20)15-26-22(23-2)25-11-9-21-8-3-4-10-24-21/h3-8,10,14,18H,9,11-13,15-17H2,1-2H3,(H2,23,25,26). The zero-order valence-corrected chi connectivity index (χ0v) is 16.9. The number of guanidine groups is 1. The molecule has 1 atom stereocenters. The molecule has 0 bridgehead atoms. The Morgan fingerprint density at radius 2 is 2.11 bits per heavy atom. The van der Waals surface area contributed by atoms with Crippen molar-refractivity contribution in [2.75, 3.05) is 33.3 Å². The molecule has 2 N–H and O–H groups in total. The zero-order valence-electron chi connectivity index (χ0n) is 16.9. The predicted molar refractivity (Wildman–Crippen MR) is 113 cm³/mol. The van der Waals surface area contributed by atoms with Crippen molar-refractivity contribution in [1.29, 1.82) is 0 Å². The van der Waals surface area contributed by atoms with Crippen molar-refractivity contribution in [1.82, 2.24) is 20.5 Å². The van der Waals surface area contributed by atoms with Crippen LogP contribution in [0.5, 0.6) is 0 Å². The second-order valence-corrected chi connectivity index (χ2v) is 7.16. The van der Waals surface area contributed by atoms with Crippen LogP contribution in [0.15, 0.2) is 53.7 Å². The Morgan fingerprint density at radius 3 is 2.89 bits per heavy atom. The van der Waals surface area contributed by atoms with Gasteiger partial charge < -0.3 is 15.4 Å². The lowest BCUT2D eigenvalue weighted by molar-refractivity contribution is -0.0212. The molecule has 0 radical (unpaired) electrons. The van der Waals surface area contributed by atoms with E-state index in [0.717, 1.165) is 57.4 Å². The maximum Gasteiger partial charge on any atom is 0.191 e. The number of aromatic nitrogens is 1. The van der Waals surface area contributed by atoms with Gasteiger partial charge in [-0.1, -0.05) is 30.3 Å². The third kappa shape index (κ3) is 6.62. The van der Waals surface area contributed by atoms with Crippen LogP contribution in [-0.2, 0) is 24.2 Å². The molecule has 1 aromatic carbocycles. The third-order valence-corrected chi connectivity index (χ3v) is 4.81. The van der Waals surface area contributed by atoms with Crippen molar-refractivity contribution in [3.8, 4) is 0 Å². The van der Waals surface area contributed by atoms with Crippen LogP contribution in [0.3, 0.4) is 0 Å². The Morgan fingerprint density at radius 1 is 1.21 bits per heavy atom. The van der Waals surface area contributed by atoms with Crippen LogP contribution in [0.4, 0.5) is 0 Å². The second-order valence-electron chi connectivity index (χ2n) is 7.16. The summed E-state index contributed by atoms with van der Waals surface area (Å²) in [6, 6.07) is 14.7. The zero-order chi connectivity index (χ0) is 19.6. The molecule has 6 nitrogen and oxygen atoms in total. The van der Waals surface area contributed by atoms with Gasteiger partial charge in [-0.15, -0.1) is 0 Å². The molecule has 0 spiro atoms. The van der Waals surface area contributed by atoms with Crippen molar-refractivity contribution in [2.45, 2.75) is 32.5 Å². The highest BCUT2D eigenvalue weighted by atomic mass is 16.5. The summed E-state index contributed by atoms with van der Waals surface area (Å²) < 4.78 is 5.63. The molecule has 1 aromatic heterocycles. The minimum absolute atomic E-state index is 0.319. The minimum atomic E-state index is 0.319. The quantitative estimate of drug-likeness (QED) is 0.569. The fraction of sp³-hybridized carbons (Fsp3) is 0.455. The molecule has 28 heavy (non-hydrogen) atoms. The molecule has 0 saturated carbocycles. The monoisotopic (exact) mass is 381 g/mol. The Bertz CT molecular complexity index is 750.